The first-order valence-electron chi connectivity index (χ1n) is 10.5. The van der Waals surface area contributed by atoms with Crippen LogP contribution in [0.1, 0.15) is 78.1 Å². The van der Waals surface area contributed by atoms with E-state index in [9.17, 15) is 10.1 Å². The van der Waals surface area contributed by atoms with Gasteiger partial charge < -0.3 is 9.47 Å². The summed E-state index contributed by atoms with van der Waals surface area (Å²) in [6.45, 7) is 5.01. The lowest BCUT2D eigenvalue weighted by atomic mass is 9.69. The van der Waals surface area contributed by atoms with Gasteiger partial charge in [0.25, 0.3) is 0 Å². The number of nitriles is 1. The van der Waals surface area contributed by atoms with Gasteiger partial charge in [-0.2, -0.15) is 5.26 Å². The van der Waals surface area contributed by atoms with E-state index in [0.29, 0.717) is 12.4 Å². The largest absolute Gasteiger partial charge is 0.494 e. The average molecular weight is 372 g/mol. The fourth-order valence-electron chi connectivity index (χ4n) is 3.67. The molecule has 0 aromatic heterocycles. The maximum atomic E-state index is 12.5. The van der Waals surface area contributed by atoms with Crippen molar-refractivity contribution in [1.29, 1.82) is 5.26 Å². The van der Waals surface area contributed by atoms with Crippen LogP contribution in [-0.4, -0.2) is 12.6 Å². The third-order valence-electron chi connectivity index (χ3n) is 5.58. The van der Waals surface area contributed by atoms with E-state index in [1.807, 2.05) is 12.1 Å². The SMILES string of the molecule is CCCCCC1(C#N)CCC(C(=O)Oc2ccc(OCCCC)cc2)CC1. The number of ether oxygens (including phenoxy) is 2. The number of rotatable bonds is 10. The van der Waals surface area contributed by atoms with E-state index in [1.54, 1.807) is 12.1 Å². The highest BCUT2D eigenvalue weighted by Crippen LogP contribution is 2.42. The lowest BCUT2D eigenvalue weighted by molar-refractivity contribution is -0.140. The molecular weight excluding hydrogens is 338 g/mol. The molecule has 0 heterocycles. The lowest BCUT2D eigenvalue weighted by Gasteiger charge is -2.34. The Morgan fingerprint density at radius 3 is 2.30 bits per heavy atom. The minimum atomic E-state index is -0.233. The summed E-state index contributed by atoms with van der Waals surface area (Å²) < 4.78 is 11.2. The molecule has 0 unspecified atom stereocenters. The Morgan fingerprint density at radius 1 is 1.07 bits per heavy atom. The van der Waals surface area contributed by atoms with Crippen LogP contribution in [0, 0.1) is 22.7 Å². The molecule has 148 valence electrons. The predicted octanol–water partition coefficient (Wildman–Crippen LogP) is 6.05. The second-order valence-corrected chi connectivity index (χ2v) is 7.72. The zero-order chi connectivity index (χ0) is 19.5. The third kappa shape index (κ3) is 6.57. The van der Waals surface area contributed by atoms with Gasteiger partial charge in [0.15, 0.2) is 0 Å². The molecule has 2 rings (SSSR count). The van der Waals surface area contributed by atoms with E-state index in [2.05, 4.69) is 19.9 Å². The zero-order valence-corrected chi connectivity index (χ0v) is 16.8. The minimum absolute atomic E-state index is 0.0990. The molecule has 0 saturated heterocycles. The molecule has 0 N–H and O–H groups in total. The summed E-state index contributed by atoms with van der Waals surface area (Å²) in [4.78, 5) is 12.5. The molecule has 1 aliphatic rings. The van der Waals surface area contributed by atoms with Gasteiger partial charge in [-0.05, 0) is 62.8 Å². The van der Waals surface area contributed by atoms with Gasteiger partial charge in [0, 0.05) is 0 Å². The number of hydrogen-bond donors (Lipinski definition) is 0. The van der Waals surface area contributed by atoms with Gasteiger partial charge in [0.05, 0.1) is 24.0 Å². The maximum Gasteiger partial charge on any atom is 0.314 e. The number of unbranched alkanes of at least 4 members (excludes halogenated alkanes) is 3. The summed E-state index contributed by atoms with van der Waals surface area (Å²) in [5.41, 5.74) is -0.233. The van der Waals surface area contributed by atoms with E-state index < -0.39 is 0 Å². The minimum Gasteiger partial charge on any atom is -0.494 e. The molecule has 0 atom stereocenters. The summed E-state index contributed by atoms with van der Waals surface area (Å²) in [7, 11) is 0. The average Bonchev–Trinajstić information content (AvgIpc) is 2.70. The Balaban J connectivity index is 1.81. The van der Waals surface area contributed by atoms with Gasteiger partial charge in [-0.1, -0.05) is 39.5 Å². The van der Waals surface area contributed by atoms with Crippen LogP contribution in [0.2, 0.25) is 0 Å². The number of esters is 1. The lowest BCUT2D eigenvalue weighted by Crippen LogP contribution is -2.31. The highest BCUT2D eigenvalue weighted by Gasteiger charge is 2.37. The topological polar surface area (TPSA) is 59.3 Å². The van der Waals surface area contributed by atoms with Crippen LogP contribution in [0.3, 0.4) is 0 Å². The van der Waals surface area contributed by atoms with Crippen LogP contribution in [0.25, 0.3) is 0 Å². The second-order valence-electron chi connectivity index (χ2n) is 7.72. The van der Waals surface area contributed by atoms with Crippen molar-refractivity contribution in [3.8, 4) is 17.6 Å². The van der Waals surface area contributed by atoms with Crippen LogP contribution >= 0.6 is 0 Å². The fourth-order valence-corrected chi connectivity index (χ4v) is 3.67. The van der Waals surface area contributed by atoms with Gasteiger partial charge in [-0.3, -0.25) is 4.79 Å². The first-order valence-corrected chi connectivity index (χ1v) is 10.5. The highest BCUT2D eigenvalue weighted by molar-refractivity contribution is 5.75. The molecule has 0 bridgehead atoms. The van der Waals surface area contributed by atoms with Crippen LogP contribution in [0.4, 0.5) is 0 Å². The van der Waals surface area contributed by atoms with E-state index >= 15 is 0 Å². The van der Waals surface area contributed by atoms with Crippen LogP contribution in [-0.2, 0) is 4.79 Å². The first kappa shape index (κ1) is 21.3. The van der Waals surface area contributed by atoms with Gasteiger partial charge in [0.2, 0.25) is 0 Å². The molecule has 1 fully saturated rings. The first-order chi connectivity index (χ1) is 13.1. The summed E-state index contributed by atoms with van der Waals surface area (Å²) in [6, 6.07) is 9.80. The van der Waals surface area contributed by atoms with Crippen molar-refractivity contribution in [1.82, 2.24) is 0 Å². The monoisotopic (exact) mass is 371 g/mol. The van der Waals surface area contributed by atoms with Crippen molar-refractivity contribution in [2.75, 3.05) is 6.61 Å². The number of carbonyl (C=O) groups excluding carboxylic acids is 1. The Kier molecular flexibility index (Phi) is 8.64. The quantitative estimate of drug-likeness (QED) is 0.285. The van der Waals surface area contributed by atoms with Crippen LogP contribution in [0.5, 0.6) is 11.5 Å². The van der Waals surface area contributed by atoms with Gasteiger partial charge in [-0.25, -0.2) is 0 Å². The molecule has 0 radical (unpaired) electrons. The smallest absolute Gasteiger partial charge is 0.314 e. The van der Waals surface area contributed by atoms with E-state index in [4.69, 9.17) is 9.47 Å². The standard InChI is InChI=1S/C23H33NO3/c1-3-5-7-14-23(18-24)15-12-19(13-16-23)22(25)27-21-10-8-20(9-11-21)26-17-6-4-2/h8-11,19H,3-7,12-17H2,1-2H3. The summed E-state index contributed by atoms with van der Waals surface area (Å²) in [6.07, 6.45) is 9.63. The predicted molar refractivity (Wildman–Crippen MR) is 107 cm³/mol. The number of benzene rings is 1. The Labute approximate surface area is 163 Å². The van der Waals surface area contributed by atoms with Crippen molar-refractivity contribution in [2.24, 2.45) is 11.3 Å². The fraction of sp³-hybridized carbons (Fsp3) is 0.652. The molecule has 27 heavy (non-hydrogen) atoms. The molecule has 4 heteroatoms. The molecular formula is C23H33NO3. The van der Waals surface area contributed by atoms with Gasteiger partial charge in [0.1, 0.15) is 11.5 Å². The molecule has 4 nitrogen and oxygen atoms in total. The summed E-state index contributed by atoms with van der Waals surface area (Å²) in [5.74, 6) is 1.09. The second kappa shape index (κ2) is 11.0. The molecule has 1 aromatic carbocycles. The Morgan fingerprint density at radius 2 is 1.70 bits per heavy atom. The zero-order valence-electron chi connectivity index (χ0n) is 16.8. The molecule has 1 aromatic rings. The van der Waals surface area contributed by atoms with E-state index in [-0.39, 0.29) is 17.3 Å². The number of nitrogens with zero attached hydrogens (tertiary/aromatic N) is 1. The van der Waals surface area contributed by atoms with Crippen molar-refractivity contribution in [2.45, 2.75) is 78.1 Å². The number of hydrogen-bond acceptors (Lipinski definition) is 4. The summed E-state index contributed by atoms with van der Waals surface area (Å²) >= 11 is 0. The summed E-state index contributed by atoms with van der Waals surface area (Å²) in [5, 5.41) is 9.63. The van der Waals surface area contributed by atoms with Crippen molar-refractivity contribution < 1.29 is 14.3 Å². The molecule has 1 aliphatic carbocycles. The maximum absolute atomic E-state index is 12.5. The van der Waals surface area contributed by atoms with E-state index in [1.165, 1.54) is 12.8 Å². The normalized spacial score (nSPS) is 22.0. The van der Waals surface area contributed by atoms with Crippen LogP contribution in [0.15, 0.2) is 24.3 Å². The highest BCUT2D eigenvalue weighted by atomic mass is 16.5. The molecule has 0 amide bonds. The van der Waals surface area contributed by atoms with Gasteiger partial charge in [-0.15, -0.1) is 0 Å². The molecule has 0 spiro atoms. The molecule has 0 aliphatic heterocycles. The van der Waals surface area contributed by atoms with Crippen molar-refractivity contribution >= 4 is 5.97 Å². The van der Waals surface area contributed by atoms with Crippen LogP contribution < -0.4 is 9.47 Å². The molecule has 1 saturated carbocycles. The van der Waals surface area contributed by atoms with Gasteiger partial charge >= 0.3 is 5.97 Å². The third-order valence-corrected chi connectivity index (χ3v) is 5.58. The Hall–Kier alpha value is -2.02. The van der Waals surface area contributed by atoms with Crippen molar-refractivity contribution in [3.63, 3.8) is 0 Å². The van der Waals surface area contributed by atoms with E-state index in [0.717, 1.165) is 57.1 Å². The Bertz CT molecular complexity index is 610. The number of carbonyl (C=O) groups is 1. The van der Waals surface area contributed by atoms with Crippen molar-refractivity contribution in [3.05, 3.63) is 24.3 Å².